The predicted molar refractivity (Wildman–Crippen MR) is 87.4 cm³/mol. The second-order valence-corrected chi connectivity index (χ2v) is 7.06. The van der Waals surface area contributed by atoms with Crippen molar-refractivity contribution in [2.75, 3.05) is 6.54 Å². The first-order valence-electron chi connectivity index (χ1n) is 8.66. The van der Waals surface area contributed by atoms with Gasteiger partial charge in [0.2, 0.25) is 0 Å². The third-order valence-corrected chi connectivity index (χ3v) is 4.95. The number of ether oxygens (including phenoxy) is 1. The number of hydrogen-bond donors (Lipinski definition) is 1. The molecule has 2 aliphatic carbocycles. The van der Waals surface area contributed by atoms with Crippen LogP contribution in [0.2, 0.25) is 0 Å². The molecule has 0 saturated heterocycles. The SMILES string of the molecule is Cc1ccccc1C(CNC1CC1)OC1CCCC(C)C1. The average Bonchev–Trinajstić information content (AvgIpc) is 3.28. The molecule has 2 nitrogen and oxygen atoms in total. The third-order valence-electron chi connectivity index (χ3n) is 4.95. The van der Waals surface area contributed by atoms with E-state index in [2.05, 4.69) is 43.4 Å². The van der Waals surface area contributed by atoms with Crippen LogP contribution in [0.5, 0.6) is 0 Å². The molecule has 3 atom stereocenters. The minimum absolute atomic E-state index is 0.210. The normalized spacial score (nSPS) is 27.5. The topological polar surface area (TPSA) is 21.3 Å². The Hall–Kier alpha value is -0.860. The van der Waals surface area contributed by atoms with Crippen LogP contribution in [-0.2, 0) is 4.74 Å². The number of rotatable bonds is 6. The summed E-state index contributed by atoms with van der Waals surface area (Å²) in [6.07, 6.45) is 8.48. The van der Waals surface area contributed by atoms with Crippen molar-refractivity contribution in [3.8, 4) is 0 Å². The van der Waals surface area contributed by atoms with Gasteiger partial charge in [0.1, 0.15) is 0 Å². The van der Waals surface area contributed by atoms with Gasteiger partial charge in [-0.25, -0.2) is 0 Å². The molecule has 2 saturated carbocycles. The van der Waals surface area contributed by atoms with Gasteiger partial charge in [-0.3, -0.25) is 0 Å². The summed E-state index contributed by atoms with van der Waals surface area (Å²) in [5, 5.41) is 3.66. The molecule has 0 aliphatic heterocycles. The van der Waals surface area contributed by atoms with Crippen molar-refractivity contribution < 1.29 is 4.74 Å². The first-order chi connectivity index (χ1) is 10.2. The lowest BCUT2D eigenvalue weighted by Crippen LogP contribution is -2.30. The molecule has 2 heteroatoms. The summed E-state index contributed by atoms with van der Waals surface area (Å²) in [7, 11) is 0. The maximum absolute atomic E-state index is 6.54. The van der Waals surface area contributed by atoms with Gasteiger partial charge >= 0.3 is 0 Å². The number of aryl methyl sites for hydroxylation is 1. The Morgan fingerprint density at radius 3 is 2.71 bits per heavy atom. The van der Waals surface area contributed by atoms with Crippen molar-refractivity contribution >= 4 is 0 Å². The van der Waals surface area contributed by atoms with Gasteiger partial charge < -0.3 is 10.1 Å². The highest BCUT2D eigenvalue weighted by atomic mass is 16.5. The maximum atomic E-state index is 6.54. The maximum Gasteiger partial charge on any atom is 0.0955 e. The molecule has 0 bridgehead atoms. The first-order valence-corrected chi connectivity index (χ1v) is 8.66. The summed E-state index contributed by atoms with van der Waals surface area (Å²) in [6, 6.07) is 9.43. The summed E-state index contributed by atoms with van der Waals surface area (Å²) in [5.74, 6) is 0.817. The van der Waals surface area contributed by atoms with Crippen LogP contribution in [0, 0.1) is 12.8 Å². The van der Waals surface area contributed by atoms with Crippen molar-refractivity contribution in [2.45, 2.75) is 70.6 Å². The molecule has 1 N–H and O–H groups in total. The summed E-state index contributed by atoms with van der Waals surface area (Å²) in [4.78, 5) is 0. The van der Waals surface area contributed by atoms with Gasteiger partial charge in [0.15, 0.2) is 0 Å². The highest BCUT2D eigenvalue weighted by molar-refractivity contribution is 5.28. The van der Waals surface area contributed by atoms with E-state index in [-0.39, 0.29) is 6.10 Å². The summed E-state index contributed by atoms with van der Waals surface area (Å²) < 4.78 is 6.54. The second-order valence-electron chi connectivity index (χ2n) is 7.06. The molecule has 0 spiro atoms. The predicted octanol–water partition coefficient (Wildman–Crippen LogP) is 4.38. The molecule has 1 aromatic rings. The quantitative estimate of drug-likeness (QED) is 0.838. The molecular weight excluding hydrogens is 258 g/mol. The lowest BCUT2D eigenvalue weighted by Gasteiger charge is -2.31. The van der Waals surface area contributed by atoms with Crippen molar-refractivity contribution in [1.82, 2.24) is 5.32 Å². The molecule has 0 amide bonds. The van der Waals surface area contributed by atoms with Gasteiger partial charge in [0, 0.05) is 12.6 Å². The van der Waals surface area contributed by atoms with Crippen molar-refractivity contribution in [3.63, 3.8) is 0 Å². The van der Waals surface area contributed by atoms with Crippen LogP contribution in [0.25, 0.3) is 0 Å². The molecule has 3 unspecified atom stereocenters. The first kappa shape index (κ1) is 15.1. The van der Waals surface area contributed by atoms with Gasteiger partial charge in [0.25, 0.3) is 0 Å². The van der Waals surface area contributed by atoms with E-state index in [9.17, 15) is 0 Å². The monoisotopic (exact) mass is 287 g/mol. The average molecular weight is 287 g/mol. The van der Waals surface area contributed by atoms with E-state index < -0.39 is 0 Å². The smallest absolute Gasteiger partial charge is 0.0955 e. The Kier molecular flexibility index (Phi) is 4.97. The van der Waals surface area contributed by atoms with Crippen LogP contribution in [-0.4, -0.2) is 18.7 Å². The fraction of sp³-hybridized carbons (Fsp3) is 0.684. The fourth-order valence-corrected chi connectivity index (χ4v) is 3.47. The standard InChI is InChI=1S/C19H29NO/c1-14-6-5-8-17(12-14)21-19(13-20-16-10-11-16)18-9-4-3-7-15(18)2/h3-4,7,9,14,16-17,19-20H,5-6,8,10-13H2,1-2H3. The van der Waals surface area contributed by atoms with Crippen LogP contribution in [0.3, 0.4) is 0 Å². The van der Waals surface area contributed by atoms with Crippen LogP contribution in [0.15, 0.2) is 24.3 Å². The van der Waals surface area contributed by atoms with Crippen molar-refractivity contribution in [2.24, 2.45) is 5.92 Å². The molecule has 2 fully saturated rings. The third kappa shape index (κ3) is 4.31. The molecular formula is C19H29NO. The van der Waals surface area contributed by atoms with Crippen LogP contribution in [0.4, 0.5) is 0 Å². The van der Waals surface area contributed by atoms with E-state index >= 15 is 0 Å². The minimum atomic E-state index is 0.210. The summed E-state index contributed by atoms with van der Waals surface area (Å²) in [6.45, 7) is 5.52. The highest BCUT2D eigenvalue weighted by Gasteiger charge is 2.27. The Labute approximate surface area is 129 Å². The molecule has 2 aliphatic rings. The number of benzene rings is 1. The molecule has 0 heterocycles. The van der Waals surface area contributed by atoms with E-state index in [0.717, 1.165) is 18.5 Å². The lowest BCUT2D eigenvalue weighted by atomic mass is 9.88. The van der Waals surface area contributed by atoms with Crippen LogP contribution < -0.4 is 5.32 Å². The Balaban J connectivity index is 1.67. The van der Waals surface area contributed by atoms with E-state index in [0.29, 0.717) is 6.10 Å². The zero-order chi connectivity index (χ0) is 14.7. The lowest BCUT2D eigenvalue weighted by molar-refractivity contribution is -0.0399. The Morgan fingerprint density at radius 1 is 1.19 bits per heavy atom. The van der Waals surface area contributed by atoms with Crippen molar-refractivity contribution in [1.29, 1.82) is 0 Å². The minimum Gasteiger partial charge on any atom is -0.369 e. The molecule has 1 aromatic carbocycles. The second kappa shape index (κ2) is 6.93. The Bertz CT molecular complexity index is 455. The van der Waals surface area contributed by atoms with E-state index in [1.807, 2.05) is 0 Å². The fourth-order valence-electron chi connectivity index (χ4n) is 3.47. The highest BCUT2D eigenvalue weighted by Crippen LogP contribution is 2.31. The van der Waals surface area contributed by atoms with Gasteiger partial charge in [-0.15, -0.1) is 0 Å². The van der Waals surface area contributed by atoms with Crippen LogP contribution >= 0.6 is 0 Å². The van der Waals surface area contributed by atoms with Gasteiger partial charge in [-0.1, -0.05) is 44.0 Å². The molecule has 116 valence electrons. The largest absolute Gasteiger partial charge is 0.369 e. The summed E-state index contributed by atoms with van der Waals surface area (Å²) in [5.41, 5.74) is 2.72. The molecule has 3 rings (SSSR count). The molecule has 0 radical (unpaired) electrons. The number of nitrogens with one attached hydrogen (secondary N) is 1. The number of hydrogen-bond acceptors (Lipinski definition) is 2. The van der Waals surface area contributed by atoms with Gasteiger partial charge in [-0.05, 0) is 49.7 Å². The Morgan fingerprint density at radius 2 is 2.00 bits per heavy atom. The zero-order valence-electron chi connectivity index (χ0n) is 13.5. The van der Waals surface area contributed by atoms with E-state index in [1.54, 1.807) is 0 Å². The van der Waals surface area contributed by atoms with E-state index in [1.165, 1.54) is 49.7 Å². The van der Waals surface area contributed by atoms with E-state index in [4.69, 9.17) is 4.74 Å². The van der Waals surface area contributed by atoms with Gasteiger partial charge in [-0.2, -0.15) is 0 Å². The zero-order valence-corrected chi connectivity index (χ0v) is 13.5. The van der Waals surface area contributed by atoms with Crippen molar-refractivity contribution in [3.05, 3.63) is 35.4 Å². The summed E-state index contributed by atoms with van der Waals surface area (Å²) >= 11 is 0. The van der Waals surface area contributed by atoms with Crippen LogP contribution in [0.1, 0.15) is 62.7 Å². The molecule has 21 heavy (non-hydrogen) atoms. The van der Waals surface area contributed by atoms with Gasteiger partial charge in [0.05, 0.1) is 12.2 Å². The molecule has 0 aromatic heterocycles.